The van der Waals surface area contributed by atoms with Crippen molar-refractivity contribution < 1.29 is 5.11 Å². The minimum atomic E-state index is -0.0337. The fraction of sp³-hybridized carbons (Fsp3) is 0.0952. The Morgan fingerprint density at radius 3 is 2.71 bits per heavy atom. The van der Waals surface area contributed by atoms with Crippen LogP contribution >= 0.6 is 11.3 Å². The van der Waals surface area contributed by atoms with Crippen LogP contribution in [0.5, 0.6) is 5.75 Å². The number of pyridine rings is 1. The second kappa shape index (κ2) is 6.31. The summed E-state index contributed by atoms with van der Waals surface area (Å²) in [6, 6.07) is 15.1. The minimum Gasteiger partial charge on any atom is -0.508 e. The van der Waals surface area contributed by atoms with Gasteiger partial charge < -0.3 is 5.11 Å². The van der Waals surface area contributed by atoms with Crippen LogP contribution in [0.1, 0.15) is 11.4 Å². The Kier molecular flexibility index (Phi) is 3.77. The molecule has 0 aliphatic carbocycles. The second-order valence-electron chi connectivity index (χ2n) is 6.63. The number of thiazole rings is 1. The number of phenols is 1. The van der Waals surface area contributed by atoms with E-state index in [1.807, 2.05) is 37.3 Å². The summed E-state index contributed by atoms with van der Waals surface area (Å²) in [4.78, 5) is 21.0. The highest BCUT2D eigenvalue weighted by Gasteiger charge is 2.11. The van der Waals surface area contributed by atoms with Gasteiger partial charge >= 0.3 is 4.87 Å². The molecule has 0 unspecified atom stereocenters. The SMILES string of the molecule is Cc1nc2cnccc2n1-c1ccc(Cn2c(=O)sc3ccc(O)cc32)cc1. The molecule has 0 spiro atoms. The number of phenolic OH excluding ortho intramolecular Hbond substituents is 1. The van der Waals surface area contributed by atoms with Gasteiger partial charge in [-0.3, -0.25) is 18.9 Å². The van der Waals surface area contributed by atoms with Crippen molar-refractivity contribution in [3.05, 3.63) is 82.0 Å². The van der Waals surface area contributed by atoms with Crippen LogP contribution in [0, 0.1) is 6.92 Å². The number of fused-ring (bicyclic) bond motifs is 2. The quantitative estimate of drug-likeness (QED) is 0.509. The van der Waals surface area contributed by atoms with E-state index in [4.69, 9.17) is 0 Å². The third kappa shape index (κ3) is 2.68. The number of aromatic hydroxyl groups is 1. The summed E-state index contributed by atoms with van der Waals surface area (Å²) in [6.07, 6.45) is 3.52. The molecule has 7 heteroatoms. The first kappa shape index (κ1) is 16.7. The van der Waals surface area contributed by atoms with Gasteiger partial charge in [0.25, 0.3) is 0 Å². The number of imidazole rings is 1. The van der Waals surface area contributed by atoms with Crippen LogP contribution in [0.4, 0.5) is 0 Å². The summed E-state index contributed by atoms with van der Waals surface area (Å²) in [6.45, 7) is 2.42. The smallest absolute Gasteiger partial charge is 0.308 e. The summed E-state index contributed by atoms with van der Waals surface area (Å²) >= 11 is 1.19. The third-order valence-electron chi connectivity index (χ3n) is 4.81. The zero-order valence-corrected chi connectivity index (χ0v) is 15.8. The highest BCUT2D eigenvalue weighted by molar-refractivity contribution is 7.16. The summed E-state index contributed by atoms with van der Waals surface area (Å²) in [7, 11) is 0. The molecule has 0 aliphatic heterocycles. The van der Waals surface area contributed by atoms with Crippen molar-refractivity contribution in [1.82, 2.24) is 19.1 Å². The average Bonchev–Trinajstić information content (AvgIpc) is 3.18. The monoisotopic (exact) mass is 388 g/mol. The van der Waals surface area contributed by atoms with Gasteiger partial charge in [0.05, 0.1) is 28.5 Å². The predicted molar refractivity (Wildman–Crippen MR) is 110 cm³/mol. The molecule has 28 heavy (non-hydrogen) atoms. The molecule has 0 atom stereocenters. The largest absolute Gasteiger partial charge is 0.508 e. The number of hydrogen-bond acceptors (Lipinski definition) is 5. The van der Waals surface area contributed by atoms with Crippen LogP contribution in [0.3, 0.4) is 0 Å². The van der Waals surface area contributed by atoms with E-state index in [9.17, 15) is 9.90 Å². The van der Waals surface area contributed by atoms with Gasteiger partial charge in [-0.25, -0.2) is 4.98 Å². The standard InChI is InChI=1S/C21H16N4O2S/c1-13-23-17-11-22-9-8-18(17)25(13)15-4-2-14(3-5-15)12-24-19-10-16(26)6-7-20(19)28-21(24)27/h2-11,26H,12H2,1H3. The molecule has 0 amide bonds. The van der Waals surface area contributed by atoms with Gasteiger partial charge in [-0.2, -0.15) is 0 Å². The van der Waals surface area contributed by atoms with Crippen molar-refractivity contribution in [2.45, 2.75) is 13.5 Å². The zero-order chi connectivity index (χ0) is 19.3. The minimum absolute atomic E-state index is 0.0337. The third-order valence-corrected chi connectivity index (χ3v) is 5.77. The van der Waals surface area contributed by atoms with E-state index in [-0.39, 0.29) is 10.6 Å². The van der Waals surface area contributed by atoms with E-state index in [1.165, 1.54) is 11.3 Å². The molecule has 5 rings (SSSR count). The lowest BCUT2D eigenvalue weighted by Crippen LogP contribution is -2.13. The van der Waals surface area contributed by atoms with Crippen molar-refractivity contribution in [1.29, 1.82) is 0 Å². The molecule has 0 saturated heterocycles. The van der Waals surface area contributed by atoms with Crippen molar-refractivity contribution >= 4 is 32.6 Å². The van der Waals surface area contributed by atoms with Gasteiger partial charge in [0, 0.05) is 18.0 Å². The molecule has 0 saturated carbocycles. The first-order valence-corrected chi connectivity index (χ1v) is 9.62. The first-order valence-electron chi connectivity index (χ1n) is 8.81. The lowest BCUT2D eigenvalue weighted by Gasteiger charge is -2.09. The Morgan fingerprint density at radius 1 is 1.07 bits per heavy atom. The fourth-order valence-corrected chi connectivity index (χ4v) is 4.38. The van der Waals surface area contributed by atoms with Gasteiger partial charge in [0.1, 0.15) is 17.1 Å². The molecule has 0 aliphatic rings. The van der Waals surface area contributed by atoms with Crippen molar-refractivity contribution in [2.75, 3.05) is 0 Å². The summed E-state index contributed by atoms with van der Waals surface area (Å²) in [5.41, 5.74) is 4.65. The van der Waals surface area contributed by atoms with E-state index < -0.39 is 0 Å². The Hall–Kier alpha value is -3.45. The van der Waals surface area contributed by atoms with Gasteiger partial charge in [-0.1, -0.05) is 23.5 Å². The summed E-state index contributed by atoms with van der Waals surface area (Å²) in [5.74, 6) is 1.05. The lowest BCUT2D eigenvalue weighted by atomic mass is 10.2. The van der Waals surface area contributed by atoms with Gasteiger partial charge in [-0.05, 0) is 42.8 Å². The van der Waals surface area contributed by atoms with E-state index in [0.29, 0.717) is 6.54 Å². The molecule has 6 nitrogen and oxygen atoms in total. The maximum Gasteiger partial charge on any atom is 0.308 e. The molecule has 1 N–H and O–H groups in total. The number of benzene rings is 2. The van der Waals surface area contributed by atoms with Crippen molar-refractivity contribution in [3.63, 3.8) is 0 Å². The molecule has 5 aromatic rings. The van der Waals surface area contributed by atoms with Crippen molar-refractivity contribution in [2.24, 2.45) is 0 Å². The topological polar surface area (TPSA) is 72.9 Å². The second-order valence-corrected chi connectivity index (χ2v) is 7.62. The van der Waals surface area contributed by atoms with Crippen LogP contribution in [0.15, 0.2) is 65.7 Å². The molecular weight excluding hydrogens is 372 g/mol. The lowest BCUT2D eigenvalue weighted by molar-refractivity contribution is 0.476. The van der Waals surface area contributed by atoms with E-state index in [1.54, 1.807) is 35.2 Å². The zero-order valence-electron chi connectivity index (χ0n) is 15.0. The summed E-state index contributed by atoms with van der Waals surface area (Å²) < 4.78 is 4.65. The van der Waals surface area contributed by atoms with Crippen LogP contribution < -0.4 is 4.87 Å². The van der Waals surface area contributed by atoms with Crippen LogP contribution in [0.2, 0.25) is 0 Å². The highest BCUT2D eigenvalue weighted by atomic mass is 32.1. The van der Waals surface area contributed by atoms with Crippen LogP contribution in [0.25, 0.3) is 26.9 Å². The Morgan fingerprint density at radius 2 is 1.89 bits per heavy atom. The van der Waals surface area contributed by atoms with Gasteiger partial charge in [0.15, 0.2) is 0 Å². The number of nitrogens with zero attached hydrogens (tertiary/aromatic N) is 4. The van der Waals surface area contributed by atoms with E-state index in [2.05, 4.69) is 14.5 Å². The average molecular weight is 388 g/mol. The Balaban J connectivity index is 1.53. The van der Waals surface area contributed by atoms with Crippen LogP contribution in [-0.2, 0) is 6.54 Å². The molecule has 138 valence electrons. The van der Waals surface area contributed by atoms with Crippen molar-refractivity contribution in [3.8, 4) is 11.4 Å². The van der Waals surface area contributed by atoms with Gasteiger partial charge in [0.2, 0.25) is 0 Å². The molecule has 3 aromatic heterocycles. The summed E-state index contributed by atoms with van der Waals surface area (Å²) in [5, 5.41) is 9.76. The maximum absolute atomic E-state index is 12.4. The first-order chi connectivity index (χ1) is 13.6. The number of aromatic nitrogens is 4. The fourth-order valence-electron chi connectivity index (χ4n) is 3.51. The molecular formula is C21H16N4O2S. The molecule has 0 fully saturated rings. The normalized spacial score (nSPS) is 11.5. The van der Waals surface area contributed by atoms with E-state index in [0.717, 1.165) is 38.3 Å². The maximum atomic E-state index is 12.4. The molecule has 0 bridgehead atoms. The predicted octanol–water partition coefficient (Wildman–Crippen LogP) is 3.86. The van der Waals surface area contributed by atoms with Crippen LogP contribution in [-0.4, -0.2) is 24.2 Å². The molecule has 3 heterocycles. The van der Waals surface area contributed by atoms with Gasteiger partial charge in [-0.15, -0.1) is 0 Å². The Bertz CT molecular complexity index is 1380. The Labute approximate surface area is 164 Å². The number of rotatable bonds is 3. The highest BCUT2D eigenvalue weighted by Crippen LogP contribution is 2.24. The molecule has 2 aromatic carbocycles. The number of hydrogen-bond donors (Lipinski definition) is 1. The van der Waals surface area contributed by atoms with E-state index >= 15 is 0 Å². The number of aryl methyl sites for hydroxylation is 1. The molecule has 0 radical (unpaired) electrons.